The number of nitrogens with two attached hydrogens (primary N) is 2. The van der Waals surface area contributed by atoms with Gasteiger partial charge in [0.05, 0.1) is 18.4 Å². The van der Waals surface area contributed by atoms with Gasteiger partial charge in [0.25, 0.3) is 5.91 Å². The van der Waals surface area contributed by atoms with Gasteiger partial charge in [-0.25, -0.2) is 4.79 Å². The highest BCUT2D eigenvalue weighted by molar-refractivity contribution is 6.25. The number of nitrogens with one attached hydrogen (secondary N) is 1. The summed E-state index contributed by atoms with van der Waals surface area (Å²) in [6, 6.07) is 25.4. The number of ether oxygens (including phenoxy) is 2. The fourth-order valence-corrected chi connectivity index (χ4v) is 7.21. The highest BCUT2D eigenvalue weighted by Gasteiger charge is 2.34. The third-order valence-corrected chi connectivity index (χ3v) is 9.93. The van der Waals surface area contributed by atoms with E-state index in [1.165, 1.54) is 12.7 Å². The molecular formula is C38H46N6O4. The zero-order valence-corrected chi connectivity index (χ0v) is 27.6. The third kappa shape index (κ3) is 8.06. The van der Waals surface area contributed by atoms with Crippen molar-refractivity contribution in [3.63, 3.8) is 0 Å². The molecule has 0 aromatic heterocycles. The molecule has 3 heterocycles. The van der Waals surface area contributed by atoms with Crippen molar-refractivity contribution in [1.82, 2.24) is 15.1 Å². The summed E-state index contributed by atoms with van der Waals surface area (Å²) in [5.74, 6) is 1.51. The lowest BCUT2D eigenvalue weighted by molar-refractivity contribution is -0.114. The van der Waals surface area contributed by atoms with Crippen LogP contribution in [0.2, 0.25) is 0 Å². The number of aliphatic imine (C=N–C) groups is 1. The molecule has 48 heavy (non-hydrogen) atoms. The summed E-state index contributed by atoms with van der Waals surface area (Å²) >= 11 is 0. The van der Waals surface area contributed by atoms with E-state index in [9.17, 15) is 9.59 Å². The summed E-state index contributed by atoms with van der Waals surface area (Å²) in [5.41, 5.74) is 15.5. The number of piperidine rings is 2. The Morgan fingerprint density at radius 1 is 0.812 bits per heavy atom. The molecule has 10 nitrogen and oxygen atoms in total. The van der Waals surface area contributed by atoms with Crippen molar-refractivity contribution >= 4 is 23.4 Å². The zero-order chi connectivity index (χ0) is 33.5. The molecule has 10 heteroatoms. The smallest absolute Gasteiger partial charge is 0.337 e. The van der Waals surface area contributed by atoms with Crippen molar-refractivity contribution in [2.45, 2.75) is 50.7 Å². The van der Waals surface area contributed by atoms with Gasteiger partial charge in [0.2, 0.25) is 0 Å². The number of methoxy groups -OCH3 is 1. The van der Waals surface area contributed by atoms with Crippen LogP contribution in [-0.4, -0.2) is 79.4 Å². The molecule has 3 aliphatic rings. The predicted molar refractivity (Wildman–Crippen MR) is 187 cm³/mol. The van der Waals surface area contributed by atoms with Crippen LogP contribution in [0.1, 0.15) is 53.6 Å². The molecule has 0 saturated carbocycles. The topological polar surface area (TPSA) is 136 Å². The Hall–Kier alpha value is -4.67. The van der Waals surface area contributed by atoms with Gasteiger partial charge in [0.15, 0.2) is 0 Å². The van der Waals surface area contributed by atoms with Crippen LogP contribution in [0.4, 0.5) is 0 Å². The van der Waals surface area contributed by atoms with Crippen LogP contribution in [0.25, 0.3) is 5.70 Å². The lowest BCUT2D eigenvalue weighted by Crippen LogP contribution is -2.52. The van der Waals surface area contributed by atoms with E-state index >= 15 is 0 Å². The van der Waals surface area contributed by atoms with E-state index in [1.807, 2.05) is 78.9 Å². The van der Waals surface area contributed by atoms with Crippen LogP contribution >= 0.6 is 0 Å². The summed E-state index contributed by atoms with van der Waals surface area (Å²) in [6.45, 7) is 5.82. The molecule has 1 atom stereocenters. The molecule has 0 bridgehead atoms. The number of likely N-dealkylation sites (tertiary alicyclic amines) is 2. The van der Waals surface area contributed by atoms with Gasteiger partial charge in [-0.15, -0.1) is 0 Å². The number of primary amides is 1. The number of rotatable bonds is 10. The Balaban J connectivity index is 0.998. The minimum Gasteiger partial charge on any atom is -0.465 e. The zero-order valence-electron chi connectivity index (χ0n) is 27.6. The standard InChI is InChI=1S/C38H46N6O4/c1-47-38(46)29-9-7-26(8-10-29)25-43-21-18-30(19-22-43)44-23-16-27(17-24-44)33-15-20-41-37(42-33)34(36(40)45)35(39)28-11-13-32(14-12-28)48-31-5-3-2-4-6-31/h2-14,27,30,33H,15-25,39H2,1H3,(H2,40,45)(H,41,42)/t33-/m0/s1. The molecule has 1 amide bonds. The van der Waals surface area contributed by atoms with Crippen LogP contribution in [0.3, 0.4) is 0 Å². The summed E-state index contributed by atoms with van der Waals surface area (Å²) in [6.07, 6.45) is 5.45. The number of esters is 1. The molecule has 0 spiro atoms. The van der Waals surface area contributed by atoms with Gasteiger partial charge >= 0.3 is 5.97 Å². The van der Waals surface area contributed by atoms with Gasteiger partial charge in [-0.3, -0.25) is 14.7 Å². The number of hydrogen-bond acceptors (Lipinski definition) is 9. The van der Waals surface area contributed by atoms with Gasteiger partial charge in [0.1, 0.15) is 22.9 Å². The lowest BCUT2D eigenvalue weighted by Gasteiger charge is -2.43. The number of amides is 1. The maximum absolute atomic E-state index is 12.7. The van der Waals surface area contributed by atoms with E-state index in [4.69, 9.17) is 20.9 Å². The molecular weight excluding hydrogens is 604 g/mol. The Labute approximate surface area is 282 Å². The number of para-hydroxylation sites is 1. The largest absolute Gasteiger partial charge is 0.465 e. The number of carbonyl (C=O) groups is 2. The average Bonchev–Trinajstić information content (AvgIpc) is 3.13. The van der Waals surface area contributed by atoms with E-state index in [1.54, 1.807) is 0 Å². The molecule has 0 unspecified atom stereocenters. The highest BCUT2D eigenvalue weighted by atomic mass is 16.5. The maximum atomic E-state index is 12.7. The second-order valence-corrected chi connectivity index (χ2v) is 12.9. The van der Waals surface area contributed by atoms with E-state index in [0.717, 1.165) is 70.6 Å². The summed E-state index contributed by atoms with van der Waals surface area (Å²) < 4.78 is 10.7. The minimum absolute atomic E-state index is 0.218. The fraction of sp³-hybridized carbons (Fsp3) is 0.395. The van der Waals surface area contributed by atoms with Gasteiger partial charge < -0.3 is 31.2 Å². The normalized spacial score (nSPS) is 20.3. The van der Waals surface area contributed by atoms with E-state index in [2.05, 4.69) is 20.1 Å². The Morgan fingerprint density at radius 2 is 1.46 bits per heavy atom. The number of hydrogen-bond donors (Lipinski definition) is 3. The quantitative estimate of drug-likeness (QED) is 0.215. The highest BCUT2D eigenvalue weighted by Crippen LogP contribution is 2.29. The Morgan fingerprint density at radius 3 is 2.10 bits per heavy atom. The first-order valence-electron chi connectivity index (χ1n) is 17.0. The van der Waals surface area contributed by atoms with E-state index in [-0.39, 0.29) is 17.6 Å². The number of amidine groups is 1. The van der Waals surface area contributed by atoms with Gasteiger partial charge in [-0.05, 0) is 124 Å². The van der Waals surface area contributed by atoms with E-state index in [0.29, 0.717) is 46.9 Å². The Kier molecular flexibility index (Phi) is 10.7. The fourth-order valence-electron chi connectivity index (χ4n) is 7.21. The predicted octanol–water partition coefficient (Wildman–Crippen LogP) is 4.56. The van der Waals surface area contributed by atoms with Crippen LogP contribution in [-0.2, 0) is 16.1 Å². The summed E-state index contributed by atoms with van der Waals surface area (Å²) in [4.78, 5) is 34.3. The first kappa shape index (κ1) is 33.2. The molecule has 5 N–H and O–H groups in total. The molecule has 2 fully saturated rings. The van der Waals surface area contributed by atoms with Gasteiger partial charge in [-0.1, -0.05) is 30.3 Å². The first-order valence-corrected chi connectivity index (χ1v) is 17.0. The minimum atomic E-state index is -0.594. The van der Waals surface area contributed by atoms with Crippen molar-refractivity contribution in [2.24, 2.45) is 22.4 Å². The summed E-state index contributed by atoms with van der Waals surface area (Å²) in [7, 11) is 1.41. The van der Waals surface area contributed by atoms with Crippen molar-refractivity contribution in [3.05, 3.63) is 101 Å². The Bertz CT molecular complexity index is 1610. The van der Waals surface area contributed by atoms with Crippen LogP contribution < -0.4 is 21.5 Å². The second-order valence-electron chi connectivity index (χ2n) is 12.9. The van der Waals surface area contributed by atoms with E-state index < -0.39 is 5.91 Å². The molecule has 3 aromatic rings. The average molecular weight is 651 g/mol. The molecule has 252 valence electrons. The molecule has 2 saturated heterocycles. The van der Waals surface area contributed by atoms with Crippen LogP contribution in [0, 0.1) is 5.92 Å². The van der Waals surface area contributed by atoms with Crippen molar-refractivity contribution in [1.29, 1.82) is 0 Å². The molecule has 0 radical (unpaired) electrons. The van der Waals surface area contributed by atoms with Crippen LogP contribution in [0.5, 0.6) is 11.5 Å². The number of nitrogens with zero attached hydrogens (tertiary/aromatic N) is 3. The lowest BCUT2D eigenvalue weighted by atomic mass is 9.85. The molecule has 3 aromatic carbocycles. The van der Waals surface area contributed by atoms with Crippen molar-refractivity contribution < 1.29 is 19.1 Å². The molecule has 6 rings (SSSR count). The third-order valence-electron chi connectivity index (χ3n) is 9.93. The molecule has 0 aliphatic carbocycles. The van der Waals surface area contributed by atoms with Crippen LogP contribution in [0.15, 0.2) is 89.4 Å². The maximum Gasteiger partial charge on any atom is 0.337 e. The monoisotopic (exact) mass is 650 g/mol. The first-order chi connectivity index (χ1) is 23.4. The van der Waals surface area contributed by atoms with Gasteiger partial charge in [0, 0.05) is 25.2 Å². The van der Waals surface area contributed by atoms with Crippen molar-refractivity contribution in [3.8, 4) is 11.5 Å². The summed E-state index contributed by atoms with van der Waals surface area (Å²) in [5, 5.41) is 3.57. The second kappa shape index (κ2) is 15.5. The van der Waals surface area contributed by atoms with Crippen molar-refractivity contribution in [2.75, 3.05) is 39.8 Å². The SMILES string of the molecule is COC(=O)c1ccc(CN2CCC(N3CCC([C@@H]4CCN=C(C(C(N)=O)=C(N)c5ccc(Oc6ccccc6)cc5)N4)CC3)CC2)cc1. The number of carbonyl (C=O) groups excluding carboxylic acids is 2. The van der Waals surface area contributed by atoms with Gasteiger partial charge in [-0.2, -0.15) is 0 Å². The number of benzene rings is 3. The molecule has 3 aliphatic heterocycles.